The predicted molar refractivity (Wildman–Crippen MR) is 77.0 cm³/mol. The van der Waals surface area contributed by atoms with Crippen molar-refractivity contribution in [1.82, 2.24) is 14.8 Å². The minimum Gasteiger partial charge on any atom is -0.274 e. The molecule has 1 aliphatic carbocycles. The fourth-order valence-electron chi connectivity index (χ4n) is 2.25. The minimum atomic E-state index is -0.277. The van der Waals surface area contributed by atoms with Crippen LogP contribution in [0.1, 0.15) is 25.5 Å². The second kappa shape index (κ2) is 5.12. The smallest absolute Gasteiger partial charge is 0.236 e. The quantitative estimate of drug-likeness (QED) is 0.862. The van der Waals surface area contributed by atoms with Crippen LogP contribution < -0.4 is 4.90 Å². The minimum absolute atomic E-state index is 0.0185. The Bertz CT molecular complexity index is 689. The van der Waals surface area contributed by atoms with Crippen molar-refractivity contribution in [3.63, 3.8) is 0 Å². The first kappa shape index (κ1) is 13.5. The molecule has 6 heteroatoms. The number of imide groups is 1. The molecule has 0 radical (unpaired) electrons. The van der Waals surface area contributed by atoms with E-state index >= 15 is 0 Å². The van der Waals surface area contributed by atoms with Crippen LogP contribution in [0.3, 0.4) is 0 Å². The first-order valence-electron chi connectivity index (χ1n) is 6.89. The standard InChI is InChI=1S/C15H16N4O2/c1-10-14(19(11(2)20)15(21)12-5-6-12)9-18(17-10)13-4-3-7-16-8-13/h3-4,7-9,12H,5-6H2,1-2H3. The maximum absolute atomic E-state index is 12.3. The van der Waals surface area contributed by atoms with E-state index in [1.165, 1.54) is 11.8 Å². The molecule has 1 aliphatic rings. The average molecular weight is 284 g/mol. The van der Waals surface area contributed by atoms with E-state index in [-0.39, 0.29) is 17.7 Å². The van der Waals surface area contributed by atoms with Crippen molar-refractivity contribution in [2.24, 2.45) is 5.92 Å². The summed E-state index contributed by atoms with van der Waals surface area (Å²) in [5.74, 6) is -0.424. The molecule has 3 rings (SSSR count). The molecule has 108 valence electrons. The molecule has 0 N–H and O–H groups in total. The molecule has 2 aromatic rings. The van der Waals surface area contributed by atoms with E-state index in [1.807, 2.05) is 12.1 Å². The summed E-state index contributed by atoms with van der Waals surface area (Å²) in [4.78, 5) is 29.5. The molecule has 0 saturated heterocycles. The SMILES string of the molecule is CC(=O)N(C(=O)C1CC1)c1cn(-c2cccnc2)nc1C. The van der Waals surface area contributed by atoms with Gasteiger partial charge in [-0.3, -0.25) is 14.6 Å². The Morgan fingerprint density at radius 2 is 2.14 bits per heavy atom. The summed E-state index contributed by atoms with van der Waals surface area (Å²) in [5, 5.41) is 4.38. The number of rotatable bonds is 3. The van der Waals surface area contributed by atoms with Crippen LogP contribution in [-0.2, 0) is 9.59 Å². The van der Waals surface area contributed by atoms with Crippen molar-refractivity contribution < 1.29 is 9.59 Å². The zero-order valence-corrected chi connectivity index (χ0v) is 12.0. The third-order valence-electron chi connectivity index (χ3n) is 3.49. The molecule has 2 amide bonds. The highest BCUT2D eigenvalue weighted by molar-refractivity contribution is 6.15. The van der Waals surface area contributed by atoms with E-state index in [4.69, 9.17) is 0 Å². The van der Waals surface area contributed by atoms with E-state index < -0.39 is 0 Å². The summed E-state index contributed by atoms with van der Waals surface area (Å²) in [5.41, 5.74) is 1.97. The monoisotopic (exact) mass is 284 g/mol. The van der Waals surface area contributed by atoms with Crippen molar-refractivity contribution in [2.45, 2.75) is 26.7 Å². The molecule has 2 aromatic heterocycles. The van der Waals surface area contributed by atoms with Gasteiger partial charge in [-0.1, -0.05) is 0 Å². The average Bonchev–Trinajstić information content (AvgIpc) is 3.25. The third kappa shape index (κ3) is 2.56. The number of aryl methyl sites for hydroxylation is 1. The summed E-state index contributed by atoms with van der Waals surface area (Å²) in [6, 6.07) is 3.67. The lowest BCUT2D eigenvalue weighted by molar-refractivity contribution is -0.126. The molecule has 6 nitrogen and oxygen atoms in total. The Hall–Kier alpha value is -2.50. The normalized spacial score (nSPS) is 14.0. The Balaban J connectivity index is 1.99. The number of pyridine rings is 1. The highest BCUT2D eigenvalue weighted by Gasteiger charge is 2.37. The second-order valence-corrected chi connectivity index (χ2v) is 5.22. The van der Waals surface area contributed by atoms with Gasteiger partial charge in [0.25, 0.3) is 0 Å². The molecule has 1 saturated carbocycles. The van der Waals surface area contributed by atoms with Crippen molar-refractivity contribution in [2.75, 3.05) is 4.90 Å². The van der Waals surface area contributed by atoms with Gasteiger partial charge in [0, 0.05) is 19.0 Å². The molecular formula is C15H16N4O2. The number of carbonyl (C=O) groups excluding carboxylic acids is 2. The van der Waals surface area contributed by atoms with E-state index in [9.17, 15) is 9.59 Å². The fraction of sp³-hybridized carbons (Fsp3) is 0.333. The van der Waals surface area contributed by atoms with Crippen molar-refractivity contribution in [1.29, 1.82) is 0 Å². The summed E-state index contributed by atoms with van der Waals surface area (Å²) >= 11 is 0. The van der Waals surface area contributed by atoms with Gasteiger partial charge in [-0.2, -0.15) is 5.10 Å². The lowest BCUT2D eigenvalue weighted by Crippen LogP contribution is -2.36. The number of amides is 2. The summed E-state index contributed by atoms with van der Waals surface area (Å²) < 4.78 is 1.63. The predicted octanol–water partition coefficient (Wildman–Crippen LogP) is 1.87. The van der Waals surface area contributed by atoms with E-state index in [2.05, 4.69) is 10.1 Å². The number of aromatic nitrogens is 3. The number of hydrogen-bond acceptors (Lipinski definition) is 4. The van der Waals surface area contributed by atoms with Gasteiger partial charge in [0.05, 0.1) is 29.5 Å². The number of hydrogen-bond donors (Lipinski definition) is 0. The Morgan fingerprint density at radius 3 is 2.71 bits per heavy atom. The van der Waals surface area contributed by atoms with Gasteiger partial charge in [0.2, 0.25) is 11.8 Å². The lowest BCUT2D eigenvalue weighted by Gasteiger charge is -2.17. The van der Waals surface area contributed by atoms with Crippen LogP contribution >= 0.6 is 0 Å². The van der Waals surface area contributed by atoms with Crippen LogP contribution in [0.4, 0.5) is 5.69 Å². The Labute approximate surface area is 122 Å². The number of anilines is 1. The molecule has 21 heavy (non-hydrogen) atoms. The van der Waals surface area contributed by atoms with Crippen LogP contribution in [-0.4, -0.2) is 26.6 Å². The fourth-order valence-corrected chi connectivity index (χ4v) is 2.25. The maximum atomic E-state index is 12.3. The Kier molecular flexibility index (Phi) is 3.29. The zero-order valence-electron chi connectivity index (χ0n) is 12.0. The second-order valence-electron chi connectivity index (χ2n) is 5.22. The first-order chi connectivity index (χ1) is 10.1. The topological polar surface area (TPSA) is 68.1 Å². The molecule has 0 unspecified atom stereocenters. The highest BCUT2D eigenvalue weighted by Crippen LogP contribution is 2.33. The molecule has 2 heterocycles. The van der Waals surface area contributed by atoms with Crippen LogP contribution in [0, 0.1) is 12.8 Å². The van der Waals surface area contributed by atoms with Gasteiger partial charge in [0.15, 0.2) is 0 Å². The highest BCUT2D eigenvalue weighted by atomic mass is 16.2. The van der Waals surface area contributed by atoms with E-state index in [0.717, 1.165) is 18.5 Å². The summed E-state index contributed by atoms with van der Waals surface area (Å²) in [6.07, 6.45) is 6.78. The van der Waals surface area contributed by atoms with Gasteiger partial charge in [-0.05, 0) is 31.9 Å². The first-order valence-corrected chi connectivity index (χ1v) is 6.89. The third-order valence-corrected chi connectivity index (χ3v) is 3.49. The van der Waals surface area contributed by atoms with Gasteiger partial charge in [0.1, 0.15) is 0 Å². The van der Waals surface area contributed by atoms with Crippen LogP contribution in [0.5, 0.6) is 0 Å². The number of carbonyl (C=O) groups is 2. The van der Waals surface area contributed by atoms with Crippen molar-refractivity contribution in [3.8, 4) is 5.69 Å². The summed E-state index contributed by atoms with van der Waals surface area (Å²) in [7, 11) is 0. The van der Waals surface area contributed by atoms with Crippen LogP contribution in [0.2, 0.25) is 0 Å². The van der Waals surface area contributed by atoms with E-state index in [1.54, 1.807) is 30.2 Å². The van der Waals surface area contributed by atoms with Gasteiger partial charge in [-0.25, -0.2) is 9.58 Å². The molecule has 0 spiro atoms. The molecule has 0 aliphatic heterocycles. The largest absolute Gasteiger partial charge is 0.274 e. The van der Waals surface area contributed by atoms with Crippen LogP contribution in [0.15, 0.2) is 30.7 Å². The van der Waals surface area contributed by atoms with Gasteiger partial charge < -0.3 is 0 Å². The lowest BCUT2D eigenvalue weighted by atomic mass is 10.3. The molecular weight excluding hydrogens is 268 g/mol. The van der Waals surface area contributed by atoms with Crippen LogP contribution in [0.25, 0.3) is 5.69 Å². The van der Waals surface area contributed by atoms with E-state index in [0.29, 0.717) is 11.4 Å². The molecule has 1 fully saturated rings. The number of nitrogens with zero attached hydrogens (tertiary/aromatic N) is 4. The molecule has 0 aromatic carbocycles. The summed E-state index contributed by atoms with van der Waals surface area (Å²) in [6.45, 7) is 3.19. The van der Waals surface area contributed by atoms with Crippen molar-refractivity contribution >= 4 is 17.5 Å². The zero-order chi connectivity index (χ0) is 15.0. The molecule has 0 bridgehead atoms. The molecule has 0 atom stereocenters. The Morgan fingerprint density at radius 1 is 1.38 bits per heavy atom. The van der Waals surface area contributed by atoms with Gasteiger partial charge >= 0.3 is 0 Å². The van der Waals surface area contributed by atoms with Gasteiger partial charge in [-0.15, -0.1) is 0 Å². The maximum Gasteiger partial charge on any atom is 0.236 e. The van der Waals surface area contributed by atoms with Crippen molar-refractivity contribution in [3.05, 3.63) is 36.4 Å².